The molecule has 3 nitrogen and oxygen atoms in total. The molecule has 1 unspecified atom stereocenters. The summed E-state index contributed by atoms with van der Waals surface area (Å²) < 4.78 is 10.5. The van der Waals surface area contributed by atoms with E-state index in [2.05, 4.69) is 5.32 Å². The number of rotatable bonds is 7. The van der Waals surface area contributed by atoms with E-state index in [-0.39, 0.29) is 0 Å². The molecule has 0 amide bonds. The molecule has 0 saturated carbocycles. The van der Waals surface area contributed by atoms with Crippen molar-refractivity contribution in [2.75, 3.05) is 27.4 Å². The van der Waals surface area contributed by atoms with Crippen molar-refractivity contribution >= 4 is 0 Å². The Hall–Kier alpha value is -0.120. The van der Waals surface area contributed by atoms with Gasteiger partial charge in [-0.05, 0) is 27.3 Å². The Morgan fingerprint density at radius 1 is 1.33 bits per heavy atom. The number of likely N-dealkylation sites (N-methyl/N-ethyl adjacent to an activating group) is 1. The second-order valence-corrected chi connectivity index (χ2v) is 3.15. The van der Waals surface area contributed by atoms with E-state index in [1.807, 2.05) is 20.9 Å². The van der Waals surface area contributed by atoms with Crippen LogP contribution in [0.2, 0.25) is 0 Å². The van der Waals surface area contributed by atoms with Gasteiger partial charge in [-0.3, -0.25) is 0 Å². The number of methoxy groups -OCH3 is 1. The number of nitrogens with one attached hydrogen (secondary N) is 1. The molecule has 3 heteroatoms. The van der Waals surface area contributed by atoms with Gasteiger partial charge in [0.05, 0.1) is 12.7 Å². The van der Waals surface area contributed by atoms with Crippen LogP contribution in [-0.2, 0) is 9.47 Å². The smallest absolute Gasteiger partial charge is 0.0623 e. The van der Waals surface area contributed by atoms with Crippen LogP contribution in [-0.4, -0.2) is 39.5 Å². The van der Waals surface area contributed by atoms with Gasteiger partial charge in [-0.2, -0.15) is 0 Å². The van der Waals surface area contributed by atoms with Crippen molar-refractivity contribution in [1.82, 2.24) is 5.32 Å². The molecule has 74 valence electrons. The molecule has 0 fully saturated rings. The molecule has 12 heavy (non-hydrogen) atoms. The summed E-state index contributed by atoms with van der Waals surface area (Å²) in [7, 11) is 3.67. The zero-order chi connectivity index (χ0) is 9.40. The quantitative estimate of drug-likeness (QED) is 0.627. The minimum absolute atomic E-state index is 0.309. The van der Waals surface area contributed by atoms with Gasteiger partial charge in [0.1, 0.15) is 0 Å². The Balaban J connectivity index is 3.39. The average molecular weight is 175 g/mol. The van der Waals surface area contributed by atoms with Gasteiger partial charge in [0, 0.05) is 19.8 Å². The second-order valence-electron chi connectivity index (χ2n) is 3.15. The van der Waals surface area contributed by atoms with Crippen LogP contribution in [0.15, 0.2) is 0 Å². The van der Waals surface area contributed by atoms with Gasteiger partial charge in [-0.15, -0.1) is 0 Å². The topological polar surface area (TPSA) is 30.5 Å². The summed E-state index contributed by atoms with van der Waals surface area (Å²) in [6, 6.07) is 0.410. The average Bonchev–Trinajstić information content (AvgIpc) is 2.05. The molecule has 0 aliphatic heterocycles. The molecule has 0 aliphatic carbocycles. The SMILES string of the molecule is CNC(CCOC)COC(C)C. The van der Waals surface area contributed by atoms with Gasteiger partial charge in [-0.1, -0.05) is 0 Å². The fraction of sp³-hybridized carbons (Fsp3) is 1.00. The minimum Gasteiger partial charge on any atom is -0.385 e. The van der Waals surface area contributed by atoms with Gasteiger partial charge in [0.25, 0.3) is 0 Å². The lowest BCUT2D eigenvalue weighted by Gasteiger charge is -2.17. The van der Waals surface area contributed by atoms with Crippen LogP contribution in [0.25, 0.3) is 0 Å². The number of hydrogen-bond acceptors (Lipinski definition) is 3. The van der Waals surface area contributed by atoms with Gasteiger partial charge in [-0.25, -0.2) is 0 Å². The molecule has 0 aromatic carbocycles. The van der Waals surface area contributed by atoms with Crippen LogP contribution in [0.3, 0.4) is 0 Å². The highest BCUT2D eigenvalue weighted by Crippen LogP contribution is 1.96. The molecule has 0 heterocycles. The third-order valence-corrected chi connectivity index (χ3v) is 1.71. The van der Waals surface area contributed by atoms with Crippen molar-refractivity contribution in [1.29, 1.82) is 0 Å². The Bertz CT molecular complexity index is 96.5. The highest BCUT2D eigenvalue weighted by Gasteiger charge is 2.06. The van der Waals surface area contributed by atoms with Crippen LogP contribution in [0.5, 0.6) is 0 Å². The summed E-state index contributed by atoms with van der Waals surface area (Å²) in [5.74, 6) is 0. The van der Waals surface area contributed by atoms with Crippen molar-refractivity contribution in [3.63, 3.8) is 0 Å². The van der Waals surface area contributed by atoms with E-state index in [9.17, 15) is 0 Å². The molecule has 0 radical (unpaired) electrons. The van der Waals surface area contributed by atoms with Crippen molar-refractivity contribution in [2.45, 2.75) is 32.4 Å². The maximum absolute atomic E-state index is 5.47. The van der Waals surface area contributed by atoms with E-state index in [0.29, 0.717) is 12.1 Å². The van der Waals surface area contributed by atoms with Crippen molar-refractivity contribution in [3.8, 4) is 0 Å². The van der Waals surface area contributed by atoms with Crippen LogP contribution in [0.4, 0.5) is 0 Å². The standard InChI is InChI=1S/C9H21NO2/c1-8(2)12-7-9(10-3)5-6-11-4/h8-10H,5-7H2,1-4H3. The highest BCUT2D eigenvalue weighted by molar-refractivity contribution is 4.63. The lowest BCUT2D eigenvalue weighted by molar-refractivity contribution is 0.0546. The molecule has 0 aromatic heterocycles. The molecule has 1 N–H and O–H groups in total. The van der Waals surface area contributed by atoms with Crippen molar-refractivity contribution < 1.29 is 9.47 Å². The summed E-state index contributed by atoms with van der Waals surface area (Å²) in [4.78, 5) is 0. The normalized spacial score (nSPS) is 13.8. The number of ether oxygens (including phenoxy) is 2. The molecule has 1 atom stereocenters. The first kappa shape index (κ1) is 11.9. The third-order valence-electron chi connectivity index (χ3n) is 1.71. The Morgan fingerprint density at radius 3 is 2.42 bits per heavy atom. The summed E-state index contributed by atoms with van der Waals surface area (Å²) in [5, 5.41) is 3.19. The molecule has 0 aliphatic rings. The van der Waals surface area contributed by atoms with Gasteiger partial charge in [0.15, 0.2) is 0 Å². The molecular weight excluding hydrogens is 154 g/mol. The first-order chi connectivity index (χ1) is 5.70. The van der Waals surface area contributed by atoms with Crippen LogP contribution in [0.1, 0.15) is 20.3 Å². The van der Waals surface area contributed by atoms with E-state index in [1.165, 1.54) is 0 Å². The zero-order valence-electron chi connectivity index (χ0n) is 8.59. The summed E-state index contributed by atoms with van der Waals surface area (Å²) in [5.41, 5.74) is 0. The van der Waals surface area contributed by atoms with E-state index in [4.69, 9.17) is 9.47 Å². The maximum Gasteiger partial charge on any atom is 0.0623 e. The maximum atomic E-state index is 5.47. The summed E-state index contributed by atoms with van der Waals surface area (Å²) in [6.45, 7) is 5.64. The predicted molar refractivity (Wildman–Crippen MR) is 50.4 cm³/mol. The lowest BCUT2D eigenvalue weighted by Crippen LogP contribution is -2.32. The lowest BCUT2D eigenvalue weighted by atomic mass is 10.2. The first-order valence-electron chi connectivity index (χ1n) is 4.48. The van der Waals surface area contributed by atoms with E-state index < -0.39 is 0 Å². The zero-order valence-corrected chi connectivity index (χ0v) is 8.59. The minimum atomic E-state index is 0.309. The first-order valence-corrected chi connectivity index (χ1v) is 4.48. The van der Waals surface area contributed by atoms with E-state index >= 15 is 0 Å². The van der Waals surface area contributed by atoms with Crippen LogP contribution in [0, 0.1) is 0 Å². The monoisotopic (exact) mass is 175 g/mol. The van der Waals surface area contributed by atoms with E-state index in [1.54, 1.807) is 7.11 Å². The molecule has 0 spiro atoms. The molecule has 0 rings (SSSR count). The van der Waals surface area contributed by atoms with Crippen LogP contribution >= 0.6 is 0 Å². The summed E-state index contributed by atoms with van der Waals surface area (Å²) >= 11 is 0. The van der Waals surface area contributed by atoms with Gasteiger partial charge < -0.3 is 14.8 Å². The Labute approximate surface area is 75.4 Å². The molecule has 0 saturated heterocycles. The Morgan fingerprint density at radius 2 is 2.00 bits per heavy atom. The highest BCUT2D eigenvalue weighted by atomic mass is 16.5. The van der Waals surface area contributed by atoms with Gasteiger partial charge in [0.2, 0.25) is 0 Å². The number of hydrogen-bond donors (Lipinski definition) is 1. The fourth-order valence-corrected chi connectivity index (χ4v) is 0.880. The molecule has 0 aromatic rings. The van der Waals surface area contributed by atoms with E-state index in [0.717, 1.165) is 19.6 Å². The van der Waals surface area contributed by atoms with Gasteiger partial charge >= 0.3 is 0 Å². The largest absolute Gasteiger partial charge is 0.385 e. The summed E-state index contributed by atoms with van der Waals surface area (Å²) in [6.07, 6.45) is 1.31. The molecular formula is C9H21NO2. The third kappa shape index (κ3) is 6.58. The van der Waals surface area contributed by atoms with Crippen LogP contribution < -0.4 is 5.32 Å². The van der Waals surface area contributed by atoms with Crippen molar-refractivity contribution in [3.05, 3.63) is 0 Å². The fourth-order valence-electron chi connectivity index (χ4n) is 0.880. The second kappa shape index (κ2) is 7.53. The predicted octanol–water partition coefficient (Wildman–Crippen LogP) is 1.04. The Kier molecular flexibility index (Phi) is 7.45. The van der Waals surface area contributed by atoms with Crippen molar-refractivity contribution in [2.24, 2.45) is 0 Å². The molecule has 0 bridgehead atoms.